The molecule has 0 radical (unpaired) electrons. The predicted molar refractivity (Wildman–Crippen MR) is 248 cm³/mol. The van der Waals surface area contributed by atoms with Crippen molar-refractivity contribution in [1.82, 2.24) is 4.90 Å². The van der Waals surface area contributed by atoms with Gasteiger partial charge in [0, 0.05) is 25.7 Å². The van der Waals surface area contributed by atoms with E-state index in [1.54, 1.807) is 0 Å². The van der Waals surface area contributed by atoms with E-state index in [1.807, 2.05) is 19.0 Å². The molecular weight excluding hydrogens is 755 g/mol. The van der Waals surface area contributed by atoms with Crippen molar-refractivity contribution >= 4 is 23.9 Å². The van der Waals surface area contributed by atoms with Crippen LogP contribution in [0.25, 0.3) is 0 Å². The molecule has 0 aliphatic rings. The largest absolute Gasteiger partial charge is 0.465 e. The molecule has 9 heteroatoms. The fourth-order valence-corrected chi connectivity index (χ4v) is 7.64. The number of ether oxygens (including phenoxy) is 4. The topological polar surface area (TPSA) is 108 Å². The van der Waals surface area contributed by atoms with Gasteiger partial charge >= 0.3 is 23.9 Å². The first-order valence-electron chi connectivity index (χ1n) is 24.8. The van der Waals surface area contributed by atoms with E-state index in [9.17, 15) is 19.2 Å². The number of unbranched alkanes of at least 4 members (excludes halogenated alkanes) is 15. The molecule has 0 bridgehead atoms. The number of hydrogen-bond donors (Lipinski definition) is 0. The third-order valence-electron chi connectivity index (χ3n) is 11.7. The maximum absolute atomic E-state index is 13.6. The van der Waals surface area contributed by atoms with E-state index in [0.717, 1.165) is 141 Å². The lowest BCUT2D eigenvalue weighted by atomic mass is 9.90. The Morgan fingerprint density at radius 3 is 1.10 bits per heavy atom. The van der Waals surface area contributed by atoms with Gasteiger partial charge in [0.05, 0.1) is 0 Å². The highest BCUT2D eigenvalue weighted by Crippen LogP contribution is 2.27. The van der Waals surface area contributed by atoms with E-state index >= 15 is 0 Å². The zero-order valence-electron chi connectivity index (χ0n) is 40.3. The number of allylic oxidation sites excluding steroid dienone is 1. The van der Waals surface area contributed by atoms with Crippen molar-refractivity contribution in [1.29, 1.82) is 0 Å². The molecule has 0 aromatic carbocycles. The average Bonchev–Trinajstić information content (AvgIpc) is 3.21. The van der Waals surface area contributed by atoms with Crippen LogP contribution in [-0.2, 0) is 38.1 Å². The zero-order chi connectivity index (χ0) is 44.7. The minimum absolute atomic E-state index is 0.184. The SMILES string of the molecule is C=C(C)CCCCCCCCCCC(=O)OCC(COC(=O)CCCN(C)C)(COC(=O)CC(CCCCC)CCCCC)COC(=O)CC(CCCCC)CCCCC. The second-order valence-electron chi connectivity index (χ2n) is 18.5. The van der Waals surface area contributed by atoms with E-state index in [4.69, 9.17) is 18.9 Å². The predicted octanol–water partition coefficient (Wildman–Crippen LogP) is 13.3. The summed E-state index contributed by atoms with van der Waals surface area (Å²) in [5, 5.41) is 0. The first-order chi connectivity index (χ1) is 28.9. The number of carbonyl (C=O) groups is 4. The zero-order valence-corrected chi connectivity index (χ0v) is 40.3. The van der Waals surface area contributed by atoms with Crippen LogP contribution in [0.2, 0.25) is 0 Å². The number of esters is 4. The first-order valence-corrected chi connectivity index (χ1v) is 24.8. The molecule has 0 saturated carbocycles. The van der Waals surface area contributed by atoms with Crippen molar-refractivity contribution in [2.45, 2.75) is 227 Å². The lowest BCUT2D eigenvalue weighted by molar-refractivity contribution is -0.171. The summed E-state index contributed by atoms with van der Waals surface area (Å²) in [5.74, 6) is -0.930. The molecule has 0 saturated heterocycles. The molecule has 60 heavy (non-hydrogen) atoms. The molecule has 0 fully saturated rings. The smallest absolute Gasteiger partial charge is 0.306 e. The van der Waals surface area contributed by atoms with Crippen molar-refractivity contribution in [2.24, 2.45) is 17.3 Å². The molecule has 352 valence electrons. The minimum atomic E-state index is -1.23. The van der Waals surface area contributed by atoms with Gasteiger partial charge in [-0.1, -0.05) is 149 Å². The molecule has 0 amide bonds. The standard InChI is InChI=1S/C51H95NO8/c1-9-13-23-31-45(32-24-14-10-2)38-49(55)59-42-51(41-58-48(54)36-29-37-52(7)8,43-60-50(56)39-46(33-25-15-11-3)34-26-16-12-4)40-57-47(53)35-28-22-20-18-17-19-21-27-30-44(5)6/h45-46H,5,9-43H2,1-4,6-8H3. The van der Waals surface area contributed by atoms with Gasteiger partial charge in [-0.3, -0.25) is 19.2 Å². The molecule has 0 rings (SSSR count). The quantitative estimate of drug-likeness (QED) is 0.0256. The fourth-order valence-electron chi connectivity index (χ4n) is 7.64. The van der Waals surface area contributed by atoms with E-state index in [0.29, 0.717) is 19.3 Å². The van der Waals surface area contributed by atoms with E-state index in [1.165, 1.54) is 31.3 Å². The van der Waals surface area contributed by atoms with Gasteiger partial charge in [-0.2, -0.15) is 0 Å². The Morgan fingerprint density at radius 2 is 0.767 bits per heavy atom. The third-order valence-corrected chi connectivity index (χ3v) is 11.7. The molecule has 0 unspecified atom stereocenters. The molecule has 0 aromatic rings. The summed E-state index contributed by atoms with van der Waals surface area (Å²) in [5.41, 5.74) is 0.0130. The highest BCUT2D eigenvalue weighted by molar-refractivity contribution is 5.71. The molecule has 0 spiro atoms. The van der Waals surface area contributed by atoms with E-state index < -0.39 is 5.41 Å². The fraction of sp³-hybridized carbons (Fsp3) is 0.882. The van der Waals surface area contributed by atoms with Crippen LogP contribution in [0, 0.1) is 17.3 Å². The summed E-state index contributed by atoms with van der Waals surface area (Å²) in [6, 6.07) is 0. The van der Waals surface area contributed by atoms with Crippen LogP contribution in [0.1, 0.15) is 227 Å². The Labute approximate surface area is 369 Å². The molecule has 0 aromatic heterocycles. The van der Waals surface area contributed by atoms with Gasteiger partial charge in [-0.25, -0.2) is 0 Å². The number of hydrogen-bond acceptors (Lipinski definition) is 9. The molecule has 0 atom stereocenters. The third kappa shape index (κ3) is 35.2. The summed E-state index contributed by atoms with van der Waals surface area (Å²) in [6.45, 7) is 14.8. The van der Waals surface area contributed by atoms with Crippen molar-refractivity contribution in [3.05, 3.63) is 12.2 Å². The Kier molecular flexibility index (Phi) is 37.8. The van der Waals surface area contributed by atoms with Gasteiger partial charge in [0.15, 0.2) is 0 Å². The Hall–Kier alpha value is -2.42. The van der Waals surface area contributed by atoms with Crippen molar-refractivity contribution in [2.75, 3.05) is 47.1 Å². The van der Waals surface area contributed by atoms with Crippen LogP contribution in [0.15, 0.2) is 12.2 Å². The van der Waals surface area contributed by atoms with Gasteiger partial charge in [-0.15, -0.1) is 6.58 Å². The lowest BCUT2D eigenvalue weighted by Crippen LogP contribution is -2.44. The number of carbonyl (C=O) groups excluding carboxylic acids is 4. The van der Waals surface area contributed by atoms with Crippen molar-refractivity contribution < 1.29 is 38.1 Å². The monoisotopic (exact) mass is 850 g/mol. The maximum Gasteiger partial charge on any atom is 0.306 e. The Morgan fingerprint density at radius 1 is 0.450 bits per heavy atom. The molecule has 9 nitrogen and oxygen atoms in total. The van der Waals surface area contributed by atoms with Crippen molar-refractivity contribution in [3.63, 3.8) is 0 Å². The second-order valence-corrected chi connectivity index (χ2v) is 18.5. The van der Waals surface area contributed by atoms with Crippen LogP contribution in [-0.4, -0.2) is 75.8 Å². The lowest BCUT2D eigenvalue weighted by Gasteiger charge is -2.32. The summed E-state index contributed by atoms with van der Waals surface area (Å²) in [6.07, 6.45) is 28.8. The molecule has 0 N–H and O–H groups in total. The normalized spacial score (nSPS) is 11.7. The molecule has 0 aliphatic carbocycles. The second kappa shape index (κ2) is 39.4. The maximum atomic E-state index is 13.6. The average molecular weight is 850 g/mol. The van der Waals surface area contributed by atoms with Gasteiger partial charge in [-0.05, 0) is 90.8 Å². The van der Waals surface area contributed by atoms with Crippen LogP contribution in [0.3, 0.4) is 0 Å². The highest BCUT2D eigenvalue weighted by Gasteiger charge is 2.38. The van der Waals surface area contributed by atoms with Gasteiger partial charge in [0.1, 0.15) is 31.8 Å². The summed E-state index contributed by atoms with van der Waals surface area (Å²) < 4.78 is 23.8. The van der Waals surface area contributed by atoms with Crippen LogP contribution in [0.4, 0.5) is 0 Å². The Balaban J connectivity index is 6.02. The number of rotatable bonds is 43. The van der Waals surface area contributed by atoms with E-state index in [2.05, 4.69) is 41.2 Å². The van der Waals surface area contributed by atoms with Gasteiger partial charge in [0.25, 0.3) is 0 Å². The molecule has 0 aliphatic heterocycles. The number of nitrogens with zero attached hydrogens (tertiary/aromatic N) is 1. The van der Waals surface area contributed by atoms with E-state index in [-0.39, 0.29) is 75.0 Å². The summed E-state index contributed by atoms with van der Waals surface area (Å²) in [4.78, 5) is 55.4. The van der Waals surface area contributed by atoms with Gasteiger partial charge < -0.3 is 23.8 Å². The summed E-state index contributed by atoms with van der Waals surface area (Å²) >= 11 is 0. The first kappa shape index (κ1) is 57.6. The summed E-state index contributed by atoms with van der Waals surface area (Å²) in [7, 11) is 3.91. The Bertz CT molecular complexity index is 1030. The van der Waals surface area contributed by atoms with Crippen LogP contribution < -0.4 is 0 Å². The minimum Gasteiger partial charge on any atom is -0.465 e. The van der Waals surface area contributed by atoms with Crippen LogP contribution >= 0.6 is 0 Å². The highest BCUT2D eigenvalue weighted by atomic mass is 16.6. The van der Waals surface area contributed by atoms with Crippen LogP contribution in [0.5, 0.6) is 0 Å². The molecule has 0 heterocycles. The van der Waals surface area contributed by atoms with Crippen molar-refractivity contribution in [3.8, 4) is 0 Å². The molecular formula is C51H95NO8. The van der Waals surface area contributed by atoms with Gasteiger partial charge in [0.2, 0.25) is 0 Å².